The highest BCUT2D eigenvalue weighted by atomic mass is 16.5. The smallest absolute Gasteiger partial charge is 0.123 e. The third-order valence-electron chi connectivity index (χ3n) is 5.35. The molecule has 0 unspecified atom stereocenters. The molecule has 1 aliphatic rings. The second-order valence-electron chi connectivity index (χ2n) is 7.62. The van der Waals surface area contributed by atoms with Crippen LogP contribution in [0.2, 0.25) is 0 Å². The molecule has 0 spiro atoms. The lowest BCUT2D eigenvalue weighted by Crippen LogP contribution is -2.21. The summed E-state index contributed by atoms with van der Waals surface area (Å²) in [5.74, 6) is 1.08. The highest BCUT2D eigenvalue weighted by Gasteiger charge is 2.31. The summed E-state index contributed by atoms with van der Waals surface area (Å²) < 4.78 is 7.41. The molecular formula is C21H27N5O2. The Morgan fingerprint density at radius 3 is 2.86 bits per heavy atom. The minimum Gasteiger partial charge on any atom is -0.496 e. The fourth-order valence-electron chi connectivity index (χ4n) is 4.00. The van der Waals surface area contributed by atoms with E-state index in [4.69, 9.17) is 4.74 Å². The van der Waals surface area contributed by atoms with E-state index in [1.54, 1.807) is 13.3 Å². The number of aliphatic hydroxyl groups is 1. The molecule has 1 fully saturated rings. The van der Waals surface area contributed by atoms with E-state index in [0.29, 0.717) is 13.1 Å². The zero-order valence-corrected chi connectivity index (χ0v) is 16.4. The Balaban J connectivity index is 1.42. The number of H-pyrrole nitrogens is 1. The quantitative estimate of drug-likeness (QED) is 0.655. The molecule has 0 radical (unpaired) electrons. The Morgan fingerprint density at radius 2 is 2.14 bits per heavy atom. The molecule has 3 aromatic rings. The van der Waals surface area contributed by atoms with E-state index >= 15 is 0 Å². The Kier molecular flexibility index (Phi) is 5.45. The van der Waals surface area contributed by atoms with Crippen LogP contribution in [0.25, 0.3) is 0 Å². The first-order chi connectivity index (χ1) is 13.6. The van der Waals surface area contributed by atoms with Crippen LogP contribution in [0.15, 0.2) is 42.7 Å². The van der Waals surface area contributed by atoms with Gasteiger partial charge in [-0.15, -0.1) is 0 Å². The van der Waals surface area contributed by atoms with Gasteiger partial charge in [0.2, 0.25) is 0 Å². The zero-order chi connectivity index (χ0) is 19.5. The van der Waals surface area contributed by atoms with E-state index in [9.17, 15) is 5.11 Å². The molecule has 7 nitrogen and oxygen atoms in total. The summed E-state index contributed by atoms with van der Waals surface area (Å²) in [5, 5.41) is 22.1. The van der Waals surface area contributed by atoms with Crippen molar-refractivity contribution in [1.82, 2.24) is 24.9 Å². The van der Waals surface area contributed by atoms with Crippen LogP contribution < -0.4 is 4.74 Å². The van der Waals surface area contributed by atoms with Gasteiger partial charge in [0.25, 0.3) is 0 Å². The number of aryl methyl sites for hydroxylation is 1. The van der Waals surface area contributed by atoms with Gasteiger partial charge in [-0.2, -0.15) is 10.2 Å². The predicted octanol–water partition coefficient (Wildman–Crippen LogP) is 2.01. The van der Waals surface area contributed by atoms with Crippen LogP contribution in [0, 0.1) is 12.8 Å². The Morgan fingerprint density at radius 1 is 1.25 bits per heavy atom. The predicted molar refractivity (Wildman–Crippen MR) is 106 cm³/mol. The standard InChI is InChI=1S/C21H27N5O2/c1-15-8-19(24-23-15)10-17-12-25(14-20(17)27)11-16-4-5-21(28-2)18(9-16)13-26-7-3-6-22-26/h3-9,17,20,27H,10-14H2,1-2H3,(H,23,24)/t17-,20-/m1/s1. The van der Waals surface area contributed by atoms with E-state index in [1.165, 1.54) is 5.56 Å². The van der Waals surface area contributed by atoms with Gasteiger partial charge in [0.15, 0.2) is 0 Å². The minimum absolute atomic E-state index is 0.212. The van der Waals surface area contributed by atoms with Crippen LogP contribution in [0.4, 0.5) is 0 Å². The number of β-amino-alcohol motifs (C(OH)–C–C–N with tert-alkyl or cyclic N) is 1. The van der Waals surface area contributed by atoms with Crippen molar-refractivity contribution in [3.63, 3.8) is 0 Å². The molecule has 2 aromatic heterocycles. The number of nitrogens with one attached hydrogen (secondary N) is 1. The van der Waals surface area contributed by atoms with Crippen LogP contribution >= 0.6 is 0 Å². The molecule has 2 atom stereocenters. The number of nitrogens with zero attached hydrogens (tertiary/aromatic N) is 4. The number of aliphatic hydroxyl groups excluding tert-OH is 1. The average molecular weight is 381 g/mol. The van der Waals surface area contributed by atoms with Gasteiger partial charge in [0.05, 0.1) is 25.5 Å². The van der Waals surface area contributed by atoms with E-state index in [1.807, 2.05) is 29.9 Å². The molecule has 1 aliphatic heterocycles. The number of likely N-dealkylation sites (tertiary alicyclic amines) is 1. The number of benzene rings is 1. The second-order valence-corrected chi connectivity index (χ2v) is 7.62. The highest BCUT2D eigenvalue weighted by molar-refractivity contribution is 5.37. The third-order valence-corrected chi connectivity index (χ3v) is 5.35. The van der Waals surface area contributed by atoms with Gasteiger partial charge < -0.3 is 9.84 Å². The molecule has 3 heterocycles. The van der Waals surface area contributed by atoms with Gasteiger partial charge in [-0.1, -0.05) is 6.07 Å². The largest absolute Gasteiger partial charge is 0.496 e. The zero-order valence-electron chi connectivity index (χ0n) is 16.4. The van der Waals surface area contributed by atoms with Crippen LogP contribution in [0.3, 0.4) is 0 Å². The molecule has 0 amide bonds. The number of ether oxygens (including phenoxy) is 1. The third kappa shape index (κ3) is 4.26. The van der Waals surface area contributed by atoms with Crippen LogP contribution in [0.1, 0.15) is 22.5 Å². The molecule has 4 rings (SSSR count). The maximum absolute atomic E-state index is 10.5. The summed E-state index contributed by atoms with van der Waals surface area (Å²) in [7, 11) is 1.69. The first-order valence-corrected chi connectivity index (χ1v) is 9.65. The summed E-state index contributed by atoms with van der Waals surface area (Å²) in [6.45, 7) is 5.04. The Hall–Kier alpha value is -2.64. The van der Waals surface area contributed by atoms with Crippen molar-refractivity contribution in [1.29, 1.82) is 0 Å². The van der Waals surface area contributed by atoms with Gasteiger partial charge in [0.1, 0.15) is 5.75 Å². The molecule has 28 heavy (non-hydrogen) atoms. The first kappa shape index (κ1) is 18.7. The van der Waals surface area contributed by atoms with Crippen molar-refractivity contribution in [2.45, 2.75) is 32.5 Å². The molecule has 7 heteroatoms. The molecule has 1 saturated heterocycles. The van der Waals surface area contributed by atoms with Crippen LogP contribution in [0.5, 0.6) is 5.75 Å². The average Bonchev–Trinajstić information content (AvgIpc) is 3.39. The fraction of sp³-hybridized carbons (Fsp3) is 0.429. The summed E-state index contributed by atoms with van der Waals surface area (Å²) in [5.41, 5.74) is 4.40. The second kappa shape index (κ2) is 8.16. The molecule has 1 aromatic carbocycles. The molecule has 148 valence electrons. The summed E-state index contributed by atoms with van der Waals surface area (Å²) in [6, 6.07) is 10.3. The molecular weight excluding hydrogens is 354 g/mol. The number of hydrogen-bond acceptors (Lipinski definition) is 5. The number of hydrogen-bond donors (Lipinski definition) is 2. The normalized spacial score (nSPS) is 20.0. The van der Waals surface area contributed by atoms with Crippen molar-refractivity contribution in [3.8, 4) is 5.75 Å². The molecule has 0 bridgehead atoms. The van der Waals surface area contributed by atoms with Crippen molar-refractivity contribution in [2.75, 3.05) is 20.2 Å². The summed E-state index contributed by atoms with van der Waals surface area (Å²) in [6.07, 6.45) is 4.21. The van der Waals surface area contributed by atoms with Crippen LogP contribution in [-0.2, 0) is 19.5 Å². The van der Waals surface area contributed by atoms with E-state index in [2.05, 4.69) is 38.4 Å². The lowest BCUT2D eigenvalue weighted by atomic mass is 10.0. The number of rotatable bonds is 7. The van der Waals surface area contributed by atoms with Crippen LogP contribution in [-0.4, -0.2) is 56.3 Å². The fourth-order valence-corrected chi connectivity index (χ4v) is 4.00. The molecule has 2 N–H and O–H groups in total. The van der Waals surface area contributed by atoms with Gasteiger partial charge >= 0.3 is 0 Å². The maximum Gasteiger partial charge on any atom is 0.123 e. The molecule has 0 saturated carbocycles. The number of aromatic amines is 1. The van der Waals surface area contributed by atoms with Crippen molar-refractivity contribution >= 4 is 0 Å². The SMILES string of the molecule is COc1ccc(CN2C[C@@H](Cc3cc(C)[nH]n3)[C@H](O)C2)cc1Cn1cccn1. The minimum atomic E-state index is -0.321. The monoisotopic (exact) mass is 381 g/mol. The molecule has 0 aliphatic carbocycles. The first-order valence-electron chi connectivity index (χ1n) is 9.65. The maximum atomic E-state index is 10.5. The Bertz CT molecular complexity index is 905. The van der Waals surface area contributed by atoms with Gasteiger partial charge in [-0.05, 0) is 43.2 Å². The van der Waals surface area contributed by atoms with Crippen molar-refractivity contribution in [2.24, 2.45) is 5.92 Å². The highest BCUT2D eigenvalue weighted by Crippen LogP contribution is 2.25. The van der Waals surface area contributed by atoms with Gasteiger partial charge in [-0.3, -0.25) is 14.7 Å². The lowest BCUT2D eigenvalue weighted by molar-refractivity contribution is 0.140. The van der Waals surface area contributed by atoms with E-state index in [-0.39, 0.29) is 12.0 Å². The van der Waals surface area contributed by atoms with E-state index in [0.717, 1.165) is 42.2 Å². The summed E-state index contributed by atoms with van der Waals surface area (Å²) in [4.78, 5) is 2.31. The summed E-state index contributed by atoms with van der Waals surface area (Å²) >= 11 is 0. The van der Waals surface area contributed by atoms with E-state index < -0.39 is 0 Å². The number of methoxy groups -OCH3 is 1. The van der Waals surface area contributed by atoms with Crippen molar-refractivity contribution < 1.29 is 9.84 Å². The Labute approximate surface area is 164 Å². The number of aromatic nitrogens is 4. The van der Waals surface area contributed by atoms with Gasteiger partial charge in [0, 0.05) is 49.2 Å². The van der Waals surface area contributed by atoms with Crippen molar-refractivity contribution in [3.05, 3.63) is 65.2 Å². The lowest BCUT2D eigenvalue weighted by Gasteiger charge is -2.17. The van der Waals surface area contributed by atoms with Gasteiger partial charge in [-0.25, -0.2) is 0 Å². The topological polar surface area (TPSA) is 79.2 Å².